The van der Waals surface area contributed by atoms with Gasteiger partial charge in [0.1, 0.15) is 23.9 Å². The van der Waals surface area contributed by atoms with Gasteiger partial charge in [0.2, 0.25) is 0 Å². The van der Waals surface area contributed by atoms with E-state index in [0.717, 1.165) is 63.1 Å². The molecule has 1 aliphatic rings. The van der Waals surface area contributed by atoms with Gasteiger partial charge in [-0.1, -0.05) is 190 Å². The Morgan fingerprint density at radius 3 is 1.00 bits per heavy atom. The number of phenols is 1. The fourth-order valence-corrected chi connectivity index (χ4v) is 28.2. The molecule has 3 aromatic heterocycles. The summed E-state index contributed by atoms with van der Waals surface area (Å²) in [4.78, 5) is 23.1. The molecule has 18 aromatic rings. The van der Waals surface area contributed by atoms with Crippen LogP contribution < -0.4 is 9.47 Å². The molecule has 15 aromatic carbocycles. The normalized spacial score (nSPS) is 12.4. The van der Waals surface area contributed by atoms with Crippen molar-refractivity contribution in [3.8, 4) is 31.9 Å². The molecule has 0 unspecified atom stereocenters. The van der Waals surface area contributed by atoms with E-state index in [1.165, 1.54) is 126 Å². The molecule has 1 aliphatic carbocycles. The quantitative estimate of drug-likeness (QED) is 0.0629. The number of alkyl halides is 3. The van der Waals surface area contributed by atoms with E-state index in [-0.39, 0.29) is 60.5 Å². The number of ether oxygens (including phenoxy) is 3. The summed E-state index contributed by atoms with van der Waals surface area (Å²) in [6, 6.07) is 122. The lowest BCUT2D eigenvalue weighted by atomic mass is 9.99. The van der Waals surface area contributed by atoms with Crippen molar-refractivity contribution in [2.75, 3.05) is 13.7 Å². The van der Waals surface area contributed by atoms with Crippen molar-refractivity contribution in [1.29, 1.82) is 0 Å². The van der Waals surface area contributed by atoms with Crippen molar-refractivity contribution in [3.63, 3.8) is 0 Å². The Labute approximate surface area is 715 Å². The zero-order chi connectivity index (χ0) is 83.4. The van der Waals surface area contributed by atoms with Gasteiger partial charge in [-0.2, -0.15) is 13.2 Å². The van der Waals surface area contributed by atoms with Crippen molar-refractivity contribution in [3.05, 3.63) is 397 Å². The molecule has 1 N–H and O–H groups in total. The highest BCUT2D eigenvalue weighted by Crippen LogP contribution is 2.53. The lowest BCUT2D eigenvalue weighted by molar-refractivity contribution is -0.147. The standard InChI is InChI=1S/C29H33O3S.C21H19OS.C20H16OS.C19H14F3S.C18H13S/c1-4-29(17-11-12-18-29)31-21-27(30)32-28-22(2)19-26(20-23(28)3)33(24-13-7-5-8-14-24)25-15-9-6-10-16-25;1-14-12-16(13-15(2)21(14)22-3)23-19-10-6-4-8-17(19)18-9-5-7-11-20(18)23;1-13-11-15(12-14(2)20(13)21)22-18-9-5-3-7-16(18)17-8-4-6-10-19(17)22;20-19(21,22)15-8-7-13-18(14-15)23(16-9-3-1-4-10-16)17-11-5-2-6-12-17;1-2-8-14(9-3-1)19-17-12-6-4-10-15(17)16-11-5-7-13-18(16)19/h5-10,13-16,19-20H,4,11-12,17-18,21H2,1-3H3;4-13H,1-3H3;3-12H,1-2H3;1-14H;1-13H/q2*+1;;2*+1/p+1. The summed E-state index contributed by atoms with van der Waals surface area (Å²) in [6.45, 7) is 14.4. The van der Waals surface area contributed by atoms with Crippen LogP contribution >= 0.6 is 31.4 Å². The summed E-state index contributed by atoms with van der Waals surface area (Å²) in [5, 5.41) is 18.3. The summed E-state index contributed by atoms with van der Waals surface area (Å²) in [6.07, 6.45) is 1.02. The van der Waals surface area contributed by atoms with Crippen LogP contribution in [-0.4, -0.2) is 30.4 Å². The molecule has 0 aliphatic heterocycles. The maximum Gasteiger partial charge on any atom is 0.416 e. The van der Waals surface area contributed by atoms with Gasteiger partial charge >= 0.3 is 12.1 Å². The van der Waals surface area contributed by atoms with E-state index in [1.54, 1.807) is 13.2 Å². The number of thiophene rings is 3. The van der Waals surface area contributed by atoms with Gasteiger partial charge in [0.05, 0.1) is 40.1 Å². The van der Waals surface area contributed by atoms with E-state index in [0.29, 0.717) is 16.4 Å². The van der Waals surface area contributed by atoms with Crippen molar-refractivity contribution in [1.82, 2.24) is 0 Å². The largest absolute Gasteiger partial charge is 0.507 e. The first-order valence-electron chi connectivity index (χ1n) is 40.5. The number of aryl methyl sites for hydroxylation is 6. The van der Waals surface area contributed by atoms with E-state index in [9.17, 15) is 23.1 Å². The second kappa shape index (κ2) is 37.8. The van der Waals surface area contributed by atoms with Crippen molar-refractivity contribution < 1.29 is 37.3 Å². The maximum absolute atomic E-state index is 13.0. The second-order valence-electron chi connectivity index (χ2n) is 30.0. The monoisotopic (exact) mass is 1680 g/mol. The average molecular weight is 1680 g/mol. The average Bonchev–Trinajstić information content (AvgIpc) is 1.60. The van der Waals surface area contributed by atoms with Gasteiger partial charge in [-0.3, -0.25) is 0 Å². The third-order valence-electron chi connectivity index (χ3n) is 21.9. The minimum atomic E-state index is -4.33. The van der Waals surface area contributed by atoms with Gasteiger partial charge in [-0.05, 0) is 240 Å². The minimum absolute atomic E-state index is 0.00682. The first-order chi connectivity index (χ1) is 58.4. The van der Waals surface area contributed by atoms with Gasteiger partial charge in [0, 0.05) is 106 Å². The zero-order valence-electron chi connectivity index (χ0n) is 68.6. The van der Waals surface area contributed by atoms with E-state index in [2.05, 4.69) is 282 Å². The zero-order valence-corrected chi connectivity index (χ0v) is 72.6. The van der Waals surface area contributed by atoms with Crippen LogP contribution in [0.1, 0.15) is 78.0 Å². The molecular weight excluding hydrogens is 1580 g/mol. The third kappa shape index (κ3) is 18.3. The van der Waals surface area contributed by atoms with E-state index < -0.39 is 22.6 Å². The lowest BCUT2D eigenvalue weighted by Gasteiger charge is -2.27. The van der Waals surface area contributed by atoms with E-state index in [1.807, 2.05) is 100 Å². The van der Waals surface area contributed by atoms with Crippen molar-refractivity contribution >= 4 is 120 Å². The summed E-state index contributed by atoms with van der Waals surface area (Å²) < 4.78 is 65.1. The highest BCUT2D eigenvalue weighted by atomic mass is 32.2. The Kier molecular flexibility index (Phi) is 26.3. The van der Waals surface area contributed by atoms with Crippen LogP contribution in [0.15, 0.2) is 387 Å². The summed E-state index contributed by atoms with van der Waals surface area (Å²) >= 11 is 0. The minimum Gasteiger partial charge on any atom is -0.507 e. The molecule has 0 saturated heterocycles. The van der Waals surface area contributed by atoms with Gasteiger partial charge in [-0.15, -0.1) is 0 Å². The summed E-state index contributed by atoms with van der Waals surface area (Å²) in [5.41, 5.74) is 5.48. The van der Waals surface area contributed by atoms with Crippen LogP contribution in [0.3, 0.4) is 0 Å². The SMILES string of the molecule is CCC1(OCC(=O)Oc2c(C)cc([S+](c3ccccc3)c3ccccc3)cc2C)CCCC1.COc1c(C)cc(-[s+]2c3ccccc3c3ccccc32)cc1C.Cc1cc(-[s+]2c3ccccc3c3ccccc32)cc(C)c1O.FC(F)(F)c1cccc([S+](c2ccccc2)c2ccccc2)c1.c1ccc(-[s+]2c3ccccc3c3ccccc32)cc1. The number of carbonyl (C=O) groups excluding carboxylic acids is 1. The van der Waals surface area contributed by atoms with Gasteiger partial charge in [-0.25, -0.2) is 4.79 Å². The molecule has 0 bridgehead atoms. The topological polar surface area (TPSA) is 65.0 Å². The molecule has 19 rings (SSSR count). The second-order valence-corrected chi connectivity index (χ2v) is 39.9. The summed E-state index contributed by atoms with van der Waals surface area (Å²) in [7, 11) is 0.906. The molecule has 0 radical (unpaired) electrons. The van der Waals surface area contributed by atoms with Crippen LogP contribution in [0.2, 0.25) is 0 Å². The van der Waals surface area contributed by atoms with Gasteiger partial charge < -0.3 is 19.3 Å². The fourth-order valence-electron chi connectivity index (χ4n) is 16.3. The number of aromatic hydroxyl groups is 1. The van der Waals surface area contributed by atoms with Crippen LogP contribution in [0.5, 0.6) is 17.2 Å². The number of phenolic OH excluding ortho intramolecular Hbond substituents is 1. The number of benzene rings is 15. The van der Waals surface area contributed by atoms with Crippen LogP contribution in [0, 0.1) is 41.5 Å². The highest BCUT2D eigenvalue weighted by Gasteiger charge is 2.38. The van der Waals surface area contributed by atoms with Crippen molar-refractivity contribution in [2.24, 2.45) is 0 Å². The number of carbonyl (C=O) groups is 1. The van der Waals surface area contributed by atoms with E-state index in [4.69, 9.17) is 14.2 Å². The lowest BCUT2D eigenvalue weighted by Crippen LogP contribution is -2.32. The number of methoxy groups -OCH3 is 1. The maximum atomic E-state index is 13.0. The van der Waals surface area contributed by atoms with Gasteiger partial charge in [0.25, 0.3) is 0 Å². The Morgan fingerprint density at radius 1 is 0.358 bits per heavy atom. The molecular formula is C107H96F3O5S5+5. The summed E-state index contributed by atoms with van der Waals surface area (Å²) in [5.74, 6) is 1.74. The number of esters is 1. The Balaban J connectivity index is 0.000000118. The molecule has 0 atom stereocenters. The Bertz CT molecular complexity index is 6290. The first-order valence-corrected chi connectivity index (χ1v) is 46.6. The first kappa shape index (κ1) is 83.5. The number of hydrogen-bond donors (Lipinski definition) is 1. The van der Waals surface area contributed by atoms with Crippen LogP contribution in [0.25, 0.3) is 75.2 Å². The molecule has 13 heteroatoms. The van der Waals surface area contributed by atoms with Crippen LogP contribution in [-0.2, 0) is 37.5 Å². The number of rotatable bonds is 15. The predicted octanol–water partition coefficient (Wildman–Crippen LogP) is 31.0. The van der Waals surface area contributed by atoms with Crippen molar-refractivity contribution in [2.45, 2.75) is 122 Å². The molecule has 3 heterocycles. The fraction of sp³-hybridized carbons (Fsp3) is 0.150. The van der Waals surface area contributed by atoms with Crippen LogP contribution in [0.4, 0.5) is 13.2 Å². The number of halogens is 3. The molecule has 5 nitrogen and oxygen atoms in total. The van der Waals surface area contributed by atoms with E-state index >= 15 is 0 Å². The number of hydrogen-bond acceptors (Lipinski definition) is 5. The molecule has 0 spiro atoms. The molecule has 1 saturated carbocycles. The third-order valence-corrected chi connectivity index (χ3v) is 33.3. The molecule has 600 valence electrons. The highest BCUT2D eigenvalue weighted by molar-refractivity contribution is 7.97. The molecule has 0 amide bonds. The Hall–Kier alpha value is -11.5. The molecule has 120 heavy (non-hydrogen) atoms. The molecule has 1 fully saturated rings. The van der Waals surface area contributed by atoms with Gasteiger partial charge in [0.15, 0.2) is 72.3 Å². The predicted molar refractivity (Wildman–Crippen MR) is 504 cm³/mol. The Morgan fingerprint density at radius 2 is 0.658 bits per heavy atom. The number of fused-ring (bicyclic) bond motifs is 9. The smallest absolute Gasteiger partial charge is 0.416 e.